The minimum absolute atomic E-state index is 0.169. The van der Waals surface area contributed by atoms with Crippen molar-refractivity contribution in [2.45, 2.75) is 9.79 Å². The van der Waals surface area contributed by atoms with E-state index in [0.717, 1.165) is 15.2 Å². The lowest BCUT2D eigenvalue weighted by Gasteiger charge is -2.06. The van der Waals surface area contributed by atoms with Gasteiger partial charge in [-0.05, 0) is 36.4 Å². The van der Waals surface area contributed by atoms with Crippen molar-refractivity contribution in [3.63, 3.8) is 0 Å². The maximum atomic E-state index is 6.00. The molecule has 0 aliphatic rings. The minimum atomic E-state index is 0.169. The lowest BCUT2D eigenvalue weighted by molar-refractivity contribution is 1.24. The Kier molecular flexibility index (Phi) is 3.80. The molecule has 3 rings (SSSR count). The Morgan fingerprint density at radius 1 is 0.857 bits per heavy atom. The van der Waals surface area contributed by atoms with Gasteiger partial charge in [-0.25, -0.2) is 4.98 Å². The predicted molar refractivity (Wildman–Crippen MR) is 88.9 cm³/mol. The van der Waals surface area contributed by atoms with E-state index in [9.17, 15) is 0 Å². The van der Waals surface area contributed by atoms with E-state index in [4.69, 9.17) is 34.7 Å². The Hall–Kier alpha value is -1.69. The molecule has 0 spiro atoms. The third-order valence-electron chi connectivity index (χ3n) is 2.79. The van der Waals surface area contributed by atoms with Gasteiger partial charge >= 0.3 is 0 Å². The number of fused-ring (bicyclic) bond motifs is 1. The SMILES string of the molecule is Nc1nc(N)c2cc(Sc3cc(Cl)cc(Cl)c3)ccc2n1. The van der Waals surface area contributed by atoms with E-state index in [1.807, 2.05) is 30.3 Å². The van der Waals surface area contributed by atoms with Gasteiger partial charge in [-0.1, -0.05) is 35.0 Å². The van der Waals surface area contributed by atoms with Crippen LogP contribution < -0.4 is 11.5 Å². The Labute approximate surface area is 135 Å². The second-order valence-corrected chi connectivity index (χ2v) is 6.37. The van der Waals surface area contributed by atoms with E-state index >= 15 is 0 Å². The van der Waals surface area contributed by atoms with E-state index in [0.29, 0.717) is 21.4 Å². The molecule has 2 aromatic carbocycles. The number of halogens is 2. The second kappa shape index (κ2) is 5.60. The van der Waals surface area contributed by atoms with Crippen LogP contribution in [0, 0.1) is 0 Å². The number of rotatable bonds is 2. The zero-order chi connectivity index (χ0) is 15.0. The van der Waals surface area contributed by atoms with Crippen LogP contribution in [0.3, 0.4) is 0 Å². The average Bonchev–Trinajstić information content (AvgIpc) is 2.38. The van der Waals surface area contributed by atoms with E-state index < -0.39 is 0 Å². The van der Waals surface area contributed by atoms with Gasteiger partial charge in [0.2, 0.25) is 5.95 Å². The number of benzene rings is 2. The maximum Gasteiger partial charge on any atom is 0.222 e. The summed E-state index contributed by atoms with van der Waals surface area (Å²) < 4.78 is 0. The van der Waals surface area contributed by atoms with Crippen molar-refractivity contribution in [2.75, 3.05) is 11.5 Å². The summed E-state index contributed by atoms with van der Waals surface area (Å²) in [4.78, 5) is 10.1. The van der Waals surface area contributed by atoms with Gasteiger partial charge in [0, 0.05) is 25.2 Å². The van der Waals surface area contributed by atoms with E-state index in [2.05, 4.69) is 9.97 Å². The van der Waals surface area contributed by atoms with Crippen molar-refractivity contribution in [1.29, 1.82) is 0 Å². The molecule has 0 atom stereocenters. The van der Waals surface area contributed by atoms with Gasteiger partial charge in [-0.2, -0.15) is 4.98 Å². The van der Waals surface area contributed by atoms with Crippen LogP contribution in [0.2, 0.25) is 10.0 Å². The number of anilines is 2. The maximum absolute atomic E-state index is 6.00. The molecule has 4 nitrogen and oxygen atoms in total. The van der Waals surface area contributed by atoms with E-state index in [1.165, 1.54) is 11.8 Å². The molecular weight excluding hydrogens is 327 g/mol. The standard InChI is InChI=1S/C14H10Cl2N4S/c15-7-3-8(16)5-10(4-7)21-9-1-2-12-11(6-9)13(17)20-14(18)19-12/h1-6H,(H4,17,18,19,20). The first-order valence-electron chi connectivity index (χ1n) is 5.98. The molecule has 0 aliphatic heterocycles. The zero-order valence-corrected chi connectivity index (χ0v) is 13.0. The fourth-order valence-corrected chi connectivity index (χ4v) is 3.55. The van der Waals surface area contributed by atoms with Gasteiger partial charge in [-0.3, -0.25) is 0 Å². The highest BCUT2D eigenvalue weighted by molar-refractivity contribution is 7.99. The van der Waals surface area contributed by atoms with E-state index in [1.54, 1.807) is 6.07 Å². The number of nitrogens with two attached hydrogens (primary N) is 2. The van der Waals surface area contributed by atoms with Crippen molar-refractivity contribution in [1.82, 2.24) is 9.97 Å². The average molecular weight is 337 g/mol. The number of hydrogen-bond acceptors (Lipinski definition) is 5. The Bertz CT molecular complexity index is 818. The van der Waals surface area contributed by atoms with E-state index in [-0.39, 0.29) is 5.95 Å². The van der Waals surface area contributed by atoms with Crippen LogP contribution in [0.1, 0.15) is 0 Å². The molecular formula is C14H10Cl2N4S. The molecule has 7 heteroatoms. The highest BCUT2D eigenvalue weighted by Gasteiger charge is 2.06. The summed E-state index contributed by atoms with van der Waals surface area (Å²) in [7, 11) is 0. The molecule has 0 aliphatic carbocycles. The van der Waals surface area contributed by atoms with Gasteiger partial charge in [0.25, 0.3) is 0 Å². The number of hydrogen-bond donors (Lipinski definition) is 2. The van der Waals surface area contributed by atoms with Gasteiger partial charge in [0.1, 0.15) is 5.82 Å². The monoisotopic (exact) mass is 336 g/mol. The molecule has 0 saturated carbocycles. The highest BCUT2D eigenvalue weighted by Crippen LogP contribution is 2.34. The molecule has 0 bridgehead atoms. The van der Waals surface area contributed by atoms with Crippen molar-refractivity contribution < 1.29 is 0 Å². The molecule has 0 radical (unpaired) electrons. The van der Waals surface area contributed by atoms with Crippen molar-refractivity contribution in [3.05, 3.63) is 46.4 Å². The Morgan fingerprint density at radius 3 is 2.29 bits per heavy atom. The molecule has 21 heavy (non-hydrogen) atoms. The molecule has 0 saturated heterocycles. The Balaban J connectivity index is 2.01. The summed E-state index contributed by atoms with van der Waals surface area (Å²) in [6, 6.07) is 11.1. The molecule has 1 aromatic heterocycles. The lowest BCUT2D eigenvalue weighted by atomic mass is 10.2. The summed E-state index contributed by atoms with van der Waals surface area (Å²) in [5.74, 6) is 0.533. The quantitative estimate of drug-likeness (QED) is 0.731. The van der Waals surface area contributed by atoms with Gasteiger partial charge in [0.05, 0.1) is 5.52 Å². The van der Waals surface area contributed by atoms with Crippen molar-refractivity contribution in [3.8, 4) is 0 Å². The number of nitrogens with zero attached hydrogens (tertiary/aromatic N) is 2. The van der Waals surface area contributed by atoms with Gasteiger partial charge in [-0.15, -0.1) is 0 Å². The Morgan fingerprint density at radius 2 is 1.57 bits per heavy atom. The lowest BCUT2D eigenvalue weighted by Crippen LogP contribution is -2.00. The first-order valence-corrected chi connectivity index (χ1v) is 7.55. The topological polar surface area (TPSA) is 77.8 Å². The first kappa shape index (κ1) is 14.3. The van der Waals surface area contributed by atoms with Gasteiger partial charge in [0.15, 0.2) is 0 Å². The van der Waals surface area contributed by atoms with Crippen LogP contribution >= 0.6 is 35.0 Å². The van der Waals surface area contributed by atoms with Crippen molar-refractivity contribution >= 4 is 57.6 Å². The molecule has 4 N–H and O–H groups in total. The zero-order valence-electron chi connectivity index (χ0n) is 10.7. The molecule has 0 amide bonds. The molecule has 0 fully saturated rings. The fourth-order valence-electron chi connectivity index (χ4n) is 1.94. The molecule has 106 valence electrons. The summed E-state index contributed by atoms with van der Waals surface area (Å²) in [6.07, 6.45) is 0. The number of nitrogen functional groups attached to an aromatic ring is 2. The smallest absolute Gasteiger partial charge is 0.222 e. The van der Waals surface area contributed by atoms with Crippen LogP contribution in [-0.4, -0.2) is 9.97 Å². The van der Waals surface area contributed by atoms with Gasteiger partial charge < -0.3 is 11.5 Å². The largest absolute Gasteiger partial charge is 0.383 e. The molecule has 0 unspecified atom stereocenters. The summed E-state index contributed by atoms with van der Waals surface area (Å²) >= 11 is 13.5. The fraction of sp³-hybridized carbons (Fsp3) is 0. The van der Waals surface area contributed by atoms with Crippen LogP contribution in [0.4, 0.5) is 11.8 Å². The third-order valence-corrected chi connectivity index (χ3v) is 4.18. The summed E-state index contributed by atoms with van der Waals surface area (Å²) in [5, 5.41) is 1.96. The number of aromatic nitrogens is 2. The van der Waals surface area contributed by atoms with Crippen LogP contribution in [0.5, 0.6) is 0 Å². The minimum Gasteiger partial charge on any atom is -0.383 e. The highest BCUT2D eigenvalue weighted by atomic mass is 35.5. The molecule has 1 heterocycles. The predicted octanol–water partition coefficient (Wildman–Crippen LogP) is 4.25. The normalized spacial score (nSPS) is 11.0. The third kappa shape index (κ3) is 3.15. The first-order chi connectivity index (χ1) is 10.0. The summed E-state index contributed by atoms with van der Waals surface area (Å²) in [5.41, 5.74) is 12.2. The van der Waals surface area contributed by atoms with Crippen LogP contribution in [0.25, 0.3) is 10.9 Å². The summed E-state index contributed by atoms with van der Waals surface area (Å²) in [6.45, 7) is 0. The second-order valence-electron chi connectivity index (χ2n) is 4.35. The molecule has 3 aromatic rings. The van der Waals surface area contributed by atoms with Crippen LogP contribution in [-0.2, 0) is 0 Å². The van der Waals surface area contributed by atoms with Crippen molar-refractivity contribution in [2.24, 2.45) is 0 Å². The van der Waals surface area contributed by atoms with Crippen LogP contribution in [0.15, 0.2) is 46.2 Å².